The number of carbonyl (C=O) groups excluding carboxylic acids is 1. The maximum Gasteiger partial charge on any atom is 0.410 e. The molecule has 0 heterocycles. The number of ether oxygens (including phenoxy) is 1. The first-order valence-corrected chi connectivity index (χ1v) is 7.14. The van der Waals surface area contributed by atoms with Crippen LogP contribution in [0.2, 0.25) is 0 Å². The minimum atomic E-state index is -0.398. The van der Waals surface area contributed by atoms with Crippen LogP contribution in [-0.2, 0) is 4.74 Å². The molecule has 1 amide bonds. The van der Waals surface area contributed by atoms with Crippen LogP contribution in [0.1, 0.15) is 53.4 Å². The van der Waals surface area contributed by atoms with Gasteiger partial charge in [0, 0.05) is 12.6 Å². The Balaban J connectivity index is 2.29. The second-order valence-corrected chi connectivity index (χ2v) is 6.01. The van der Waals surface area contributed by atoms with Crippen molar-refractivity contribution in [3.8, 4) is 0 Å². The van der Waals surface area contributed by atoms with Crippen LogP contribution in [0.5, 0.6) is 0 Å². The van der Waals surface area contributed by atoms with Crippen molar-refractivity contribution >= 4 is 6.09 Å². The number of hydrogen-bond donors (Lipinski definition) is 1. The van der Waals surface area contributed by atoms with Gasteiger partial charge in [0.05, 0.1) is 0 Å². The Bertz CT molecular complexity index is 257. The molecule has 1 N–H and O–H groups in total. The highest BCUT2D eigenvalue weighted by Crippen LogP contribution is 2.28. The average molecular weight is 256 g/mol. The lowest BCUT2D eigenvalue weighted by Crippen LogP contribution is -2.39. The molecule has 18 heavy (non-hydrogen) atoms. The maximum absolute atomic E-state index is 12.0. The lowest BCUT2D eigenvalue weighted by Gasteiger charge is -2.27. The number of carbonyl (C=O) groups is 1. The van der Waals surface area contributed by atoms with Crippen LogP contribution in [-0.4, -0.2) is 42.3 Å². The summed E-state index contributed by atoms with van der Waals surface area (Å²) in [7, 11) is 0. The zero-order chi connectivity index (χ0) is 13.6. The molecule has 106 valence electrons. The van der Waals surface area contributed by atoms with Gasteiger partial charge in [0.25, 0.3) is 0 Å². The molecule has 0 spiro atoms. The number of hydrogen-bond acceptors (Lipinski definition) is 3. The van der Waals surface area contributed by atoms with E-state index >= 15 is 0 Å². The van der Waals surface area contributed by atoms with Crippen LogP contribution in [0.3, 0.4) is 0 Å². The second-order valence-electron chi connectivity index (χ2n) is 6.01. The minimum Gasteiger partial charge on any atom is -0.444 e. The van der Waals surface area contributed by atoms with E-state index in [9.17, 15) is 4.79 Å². The normalized spacial score (nSPS) is 15.6. The van der Waals surface area contributed by atoms with Crippen LogP contribution in [0.4, 0.5) is 4.79 Å². The molecule has 1 fully saturated rings. The topological polar surface area (TPSA) is 41.6 Å². The van der Waals surface area contributed by atoms with Gasteiger partial charge in [0.1, 0.15) is 5.60 Å². The molecule has 0 aromatic rings. The number of nitrogens with zero attached hydrogens (tertiary/aromatic N) is 1. The Labute approximate surface area is 111 Å². The molecule has 0 bridgehead atoms. The van der Waals surface area contributed by atoms with E-state index in [1.165, 1.54) is 0 Å². The van der Waals surface area contributed by atoms with Gasteiger partial charge in [-0.3, -0.25) is 0 Å². The van der Waals surface area contributed by atoms with Gasteiger partial charge in [-0.05, 0) is 59.5 Å². The van der Waals surface area contributed by atoms with Crippen molar-refractivity contribution in [1.82, 2.24) is 10.2 Å². The van der Waals surface area contributed by atoms with Gasteiger partial charge < -0.3 is 15.0 Å². The number of amides is 1. The summed E-state index contributed by atoms with van der Waals surface area (Å²) in [5.41, 5.74) is -0.398. The van der Waals surface area contributed by atoms with E-state index in [2.05, 4.69) is 12.2 Å². The van der Waals surface area contributed by atoms with Crippen molar-refractivity contribution in [2.45, 2.75) is 65.0 Å². The van der Waals surface area contributed by atoms with E-state index in [0.717, 1.165) is 45.3 Å². The fraction of sp³-hybridized carbons (Fsp3) is 0.929. The van der Waals surface area contributed by atoms with Gasteiger partial charge >= 0.3 is 6.09 Å². The van der Waals surface area contributed by atoms with Gasteiger partial charge in [-0.2, -0.15) is 0 Å². The standard InChI is InChI=1S/C14H28N2O2/c1-5-9-15-10-6-11-16(12-7-8-12)13(17)18-14(2,3)4/h12,15H,5-11H2,1-4H3. The quantitative estimate of drug-likeness (QED) is 0.712. The molecule has 0 aromatic heterocycles. The summed E-state index contributed by atoms with van der Waals surface area (Å²) in [5.74, 6) is 0. The Hall–Kier alpha value is -0.770. The molecule has 0 aliphatic heterocycles. The molecule has 1 rings (SSSR count). The van der Waals surface area contributed by atoms with E-state index in [1.807, 2.05) is 25.7 Å². The minimum absolute atomic E-state index is 0.152. The lowest BCUT2D eigenvalue weighted by molar-refractivity contribution is 0.0232. The van der Waals surface area contributed by atoms with E-state index in [1.54, 1.807) is 0 Å². The summed E-state index contributed by atoms with van der Waals surface area (Å²) >= 11 is 0. The Kier molecular flexibility index (Phi) is 5.93. The molecule has 4 heteroatoms. The van der Waals surface area contributed by atoms with Crippen LogP contribution in [0.25, 0.3) is 0 Å². The van der Waals surface area contributed by atoms with E-state index in [0.29, 0.717) is 6.04 Å². The largest absolute Gasteiger partial charge is 0.444 e. The lowest BCUT2D eigenvalue weighted by atomic mass is 10.2. The molecule has 0 atom stereocenters. The molecule has 1 saturated carbocycles. The Morgan fingerprint density at radius 2 is 2.00 bits per heavy atom. The average Bonchev–Trinajstić information content (AvgIpc) is 3.04. The summed E-state index contributed by atoms with van der Waals surface area (Å²) in [4.78, 5) is 13.9. The fourth-order valence-corrected chi connectivity index (χ4v) is 1.81. The molecular formula is C14H28N2O2. The first kappa shape index (κ1) is 15.3. The van der Waals surface area contributed by atoms with E-state index in [4.69, 9.17) is 4.74 Å². The third kappa shape index (κ3) is 6.24. The highest BCUT2D eigenvalue weighted by atomic mass is 16.6. The van der Waals surface area contributed by atoms with Crippen LogP contribution in [0.15, 0.2) is 0 Å². The zero-order valence-electron chi connectivity index (χ0n) is 12.3. The van der Waals surface area contributed by atoms with Crippen molar-refractivity contribution in [3.05, 3.63) is 0 Å². The SMILES string of the molecule is CCCNCCCN(C(=O)OC(C)(C)C)C1CC1. The van der Waals surface area contributed by atoms with Crippen molar-refractivity contribution in [2.24, 2.45) is 0 Å². The fourth-order valence-electron chi connectivity index (χ4n) is 1.81. The molecule has 0 aromatic carbocycles. The van der Waals surface area contributed by atoms with E-state index in [-0.39, 0.29) is 6.09 Å². The van der Waals surface area contributed by atoms with Gasteiger partial charge in [0.2, 0.25) is 0 Å². The van der Waals surface area contributed by atoms with Crippen molar-refractivity contribution < 1.29 is 9.53 Å². The first-order valence-electron chi connectivity index (χ1n) is 7.14. The Morgan fingerprint density at radius 1 is 1.33 bits per heavy atom. The highest BCUT2D eigenvalue weighted by molar-refractivity contribution is 5.69. The van der Waals surface area contributed by atoms with Crippen LogP contribution in [0, 0.1) is 0 Å². The van der Waals surface area contributed by atoms with Gasteiger partial charge in [-0.15, -0.1) is 0 Å². The molecule has 1 aliphatic carbocycles. The summed E-state index contributed by atoms with van der Waals surface area (Å²) in [6.07, 6.45) is 4.25. The monoisotopic (exact) mass is 256 g/mol. The van der Waals surface area contributed by atoms with E-state index < -0.39 is 5.60 Å². The zero-order valence-corrected chi connectivity index (χ0v) is 12.3. The summed E-state index contributed by atoms with van der Waals surface area (Å²) in [5, 5.41) is 3.36. The van der Waals surface area contributed by atoms with Crippen LogP contribution >= 0.6 is 0 Å². The van der Waals surface area contributed by atoms with Crippen LogP contribution < -0.4 is 5.32 Å². The van der Waals surface area contributed by atoms with Crippen molar-refractivity contribution in [2.75, 3.05) is 19.6 Å². The van der Waals surface area contributed by atoms with Gasteiger partial charge in [-0.1, -0.05) is 6.92 Å². The van der Waals surface area contributed by atoms with Gasteiger partial charge in [-0.25, -0.2) is 4.79 Å². The molecule has 4 nitrogen and oxygen atoms in total. The third-order valence-corrected chi connectivity index (χ3v) is 2.79. The number of nitrogens with one attached hydrogen (secondary N) is 1. The highest BCUT2D eigenvalue weighted by Gasteiger charge is 2.34. The predicted molar refractivity (Wildman–Crippen MR) is 73.7 cm³/mol. The Morgan fingerprint density at radius 3 is 2.50 bits per heavy atom. The smallest absolute Gasteiger partial charge is 0.410 e. The van der Waals surface area contributed by atoms with Gasteiger partial charge in [0.15, 0.2) is 0 Å². The molecular weight excluding hydrogens is 228 g/mol. The first-order chi connectivity index (χ1) is 8.44. The maximum atomic E-state index is 12.0. The molecule has 0 saturated heterocycles. The van der Waals surface area contributed by atoms with Crippen molar-refractivity contribution in [3.63, 3.8) is 0 Å². The molecule has 1 aliphatic rings. The second kappa shape index (κ2) is 6.98. The summed E-state index contributed by atoms with van der Waals surface area (Å²) in [6.45, 7) is 10.7. The third-order valence-electron chi connectivity index (χ3n) is 2.79. The summed E-state index contributed by atoms with van der Waals surface area (Å²) < 4.78 is 5.45. The van der Waals surface area contributed by atoms with Crippen molar-refractivity contribution in [1.29, 1.82) is 0 Å². The summed E-state index contributed by atoms with van der Waals surface area (Å²) in [6, 6.07) is 0.422. The molecule has 0 unspecified atom stereocenters. The molecule has 0 radical (unpaired) electrons. The number of rotatable bonds is 7. The predicted octanol–water partition coefficient (Wildman–Crippen LogP) is 2.78.